The van der Waals surface area contributed by atoms with Crippen LogP contribution in [0.4, 0.5) is 0 Å². The van der Waals surface area contributed by atoms with E-state index in [0.29, 0.717) is 30.3 Å². The molecule has 4 heteroatoms. The lowest BCUT2D eigenvalue weighted by molar-refractivity contribution is -0.121. The average molecular weight is 296 g/mol. The van der Waals surface area contributed by atoms with Crippen molar-refractivity contribution in [2.75, 3.05) is 6.54 Å². The van der Waals surface area contributed by atoms with Gasteiger partial charge in [-0.15, -0.1) is 0 Å². The zero-order valence-corrected chi connectivity index (χ0v) is 12.4. The summed E-state index contributed by atoms with van der Waals surface area (Å²) in [5.74, 6) is 0.499. The summed E-state index contributed by atoms with van der Waals surface area (Å²) in [6.45, 7) is 0.686. The van der Waals surface area contributed by atoms with E-state index in [9.17, 15) is 9.90 Å². The number of carbonyl (C=O) groups excluding carboxylic acids is 1. The quantitative estimate of drug-likeness (QED) is 0.877. The van der Waals surface area contributed by atoms with Crippen LogP contribution in [0.15, 0.2) is 24.3 Å². The average Bonchev–Trinajstić information content (AvgIpc) is 2.43. The Hall–Kier alpha value is -1.06. The smallest absolute Gasteiger partial charge is 0.220 e. The molecule has 1 aliphatic rings. The fourth-order valence-corrected chi connectivity index (χ4v) is 2.96. The van der Waals surface area contributed by atoms with Gasteiger partial charge >= 0.3 is 0 Å². The second kappa shape index (κ2) is 7.65. The van der Waals surface area contributed by atoms with E-state index in [-0.39, 0.29) is 12.0 Å². The van der Waals surface area contributed by atoms with Gasteiger partial charge in [-0.1, -0.05) is 30.2 Å². The van der Waals surface area contributed by atoms with Crippen molar-refractivity contribution in [2.45, 2.75) is 44.6 Å². The molecule has 0 aliphatic heterocycles. The molecule has 0 bridgehead atoms. The van der Waals surface area contributed by atoms with Crippen molar-refractivity contribution in [3.8, 4) is 0 Å². The molecule has 1 aromatic rings. The maximum atomic E-state index is 11.8. The van der Waals surface area contributed by atoms with E-state index in [2.05, 4.69) is 5.32 Å². The molecule has 1 aliphatic carbocycles. The van der Waals surface area contributed by atoms with E-state index in [1.165, 1.54) is 0 Å². The van der Waals surface area contributed by atoms with Gasteiger partial charge in [0.1, 0.15) is 0 Å². The van der Waals surface area contributed by atoms with Gasteiger partial charge in [0, 0.05) is 18.0 Å². The number of benzene rings is 1. The van der Waals surface area contributed by atoms with E-state index in [4.69, 9.17) is 11.6 Å². The number of aliphatic hydroxyl groups excluding tert-OH is 1. The molecular formula is C16H22ClNO2. The Morgan fingerprint density at radius 2 is 2.25 bits per heavy atom. The fourth-order valence-electron chi connectivity index (χ4n) is 2.74. The Balaban J connectivity index is 1.67. The second-order valence-electron chi connectivity index (χ2n) is 5.62. The number of halogens is 1. The lowest BCUT2D eigenvalue weighted by Crippen LogP contribution is -2.33. The van der Waals surface area contributed by atoms with Crippen molar-refractivity contribution in [1.29, 1.82) is 0 Å². The minimum Gasteiger partial charge on any atom is -0.393 e. The Bertz CT molecular complexity index is 450. The minimum atomic E-state index is -0.183. The predicted octanol–water partition coefficient (Wildman–Crippen LogP) is 2.94. The molecule has 0 saturated heterocycles. The number of hydrogen-bond acceptors (Lipinski definition) is 2. The van der Waals surface area contributed by atoms with Crippen molar-refractivity contribution in [1.82, 2.24) is 5.32 Å². The third-order valence-electron chi connectivity index (χ3n) is 3.87. The molecule has 1 amide bonds. The van der Waals surface area contributed by atoms with Crippen LogP contribution in [0, 0.1) is 5.92 Å². The Labute approximate surface area is 125 Å². The first-order valence-electron chi connectivity index (χ1n) is 7.32. The van der Waals surface area contributed by atoms with Gasteiger partial charge in [0.2, 0.25) is 5.91 Å². The van der Waals surface area contributed by atoms with Gasteiger partial charge in [-0.05, 0) is 49.3 Å². The molecule has 3 nitrogen and oxygen atoms in total. The van der Waals surface area contributed by atoms with E-state index in [1.54, 1.807) is 0 Å². The first-order chi connectivity index (χ1) is 9.63. The Morgan fingerprint density at radius 3 is 3.00 bits per heavy atom. The van der Waals surface area contributed by atoms with Crippen LogP contribution in [0.3, 0.4) is 0 Å². The molecule has 2 unspecified atom stereocenters. The van der Waals surface area contributed by atoms with Gasteiger partial charge in [-0.3, -0.25) is 4.79 Å². The van der Waals surface area contributed by atoms with Crippen molar-refractivity contribution in [3.63, 3.8) is 0 Å². The molecular weight excluding hydrogens is 274 g/mol. The summed E-state index contributed by atoms with van der Waals surface area (Å²) in [5, 5.41) is 13.3. The fraction of sp³-hybridized carbons (Fsp3) is 0.562. The normalized spacial score (nSPS) is 22.5. The first-order valence-corrected chi connectivity index (χ1v) is 7.70. The maximum absolute atomic E-state index is 11.8. The highest BCUT2D eigenvalue weighted by molar-refractivity contribution is 6.30. The van der Waals surface area contributed by atoms with Crippen LogP contribution in [0.5, 0.6) is 0 Å². The summed E-state index contributed by atoms with van der Waals surface area (Å²) in [6, 6.07) is 7.61. The number of amides is 1. The summed E-state index contributed by atoms with van der Waals surface area (Å²) < 4.78 is 0. The lowest BCUT2D eigenvalue weighted by Gasteiger charge is -2.25. The van der Waals surface area contributed by atoms with Crippen molar-refractivity contribution in [3.05, 3.63) is 34.9 Å². The summed E-state index contributed by atoms with van der Waals surface area (Å²) >= 11 is 5.91. The standard InChI is InChI=1S/C16H22ClNO2/c17-14-5-1-3-12(9-14)7-8-16(20)18-11-13-4-2-6-15(19)10-13/h1,3,5,9,13,15,19H,2,4,6-8,10-11H2,(H,18,20). The summed E-state index contributed by atoms with van der Waals surface area (Å²) in [5.41, 5.74) is 1.08. The van der Waals surface area contributed by atoms with Crippen molar-refractivity contribution in [2.24, 2.45) is 5.92 Å². The highest BCUT2D eigenvalue weighted by Gasteiger charge is 2.20. The summed E-state index contributed by atoms with van der Waals surface area (Å²) in [4.78, 5) is 11.8. The zero-order valence-electron chi connectivity index (χ0n) is 11.6. The van der Waals surface area contributed by atoms with Crippen LogP contribution < -0.4 is 5.32 Å². The van der Waals surface area contributed by atoms with Crippen LogP contribution >= 0.6 is 11.6 Å². The molecule has 2 atom stereocenters. The van der Waals surface area contributed by atoms with E-state index < -0.39 is 0 Å². The number of aryl methyl sites for hydroxylation is 1. The molecule has 2 N–H and O–H groups in total. The molecule has 0 heterocycles. The SMILES string of the molecule is O=C(CCc1cccc(Cl)c1)NCC1CCCC(O)C1. The van der Waals surface area contributed by atoms with E-state index in [1.807, 2.05) is 24.3 Å². The van der Waals surface area contributed by atoms with Crippen LogP contribution in [0.2, 0.25) is 5.02 Å². The molecule has 1 aromatic carbocycles. The highest BCUT2D eigenvalue weighted by atomic mass is 35.5. The van der Waals surface area contributed by atoms with Crippen LogP contribution in [-0.2, 0) is 11.2 Å². The van der Waals surface area contributed by atoms with Gasteiger partial charge < -0.3 is 10.4 Å². The van der Waals surface area contributed by atoms with Gasteiger partial charge in [0.15, 0.2) is 0 Å². The third kappa shape index (κ3) is 5.14. The number of rotatable bonds is 5. The van der Waals surface area contributed by atoms with Gasteiger partial charge in [-0.25, -0.2) is 0 Å². The van der Waals surface area contributed by atoms with Gasteiger partial charge in [0.05, 0.1) is 6.10 Å². The molecule has 0 spiro atoms. The summed E-state index contributed by atoms with van der Waals surface area (Å²) in [7, 11) is 0. The predicted molar refractivity (Wildman–Crippen MR) is 80.7 cm³/mol. The molecule has 110 valence electrons. The van der Waals surface area contributed by atoms with Crippen LogP contribution in [-0.4, -0.2) is 23.7 Å². The van der Waals surface area contributed by atoms with Gasteiger partial charge in [-0.2, -0.15) is 0 Å². The molecule has 20 heavy (non-hydrogen) atoms. The molecule has 1 saturated carbocycles. The summed E-state index contributed by atoms with van der Waals surface area (Å²) in [6.07, 6.45) is 4.89. The second-order valence-corrected chi connectivity index (χ2v) is 6.06. The van der Waals surface area contributed by atoms with Crippen LogP contribution in [0.25, 0.3) is 0 Å². The van der Waals surface area contributed by atoms with E-state index in [0.717, 1.165) is 31.2 Å². The van der Waals surface area contributed by atoms with Crippen molar-refractivity contribution < 1.29 is 9.90 Å². The first kappa shape index (κ1) is 15.3. The third-order valence-corrected chi connectivity index (χ3v) is 4.11. The molecule has 0 aromatic heterocycles. The highest BCUT2D eigenvalue weighted by Crippen LogP contribution is 2.23. The lowest BCUT2D eigenvalue weighted by atomic mass is 9.87. The monoisotopic (exact) mass is 295 g/mol. The number of aliphatic hydroxyl groups is 1. The number of nitrogens with one attached hydrogen (secondary N) is 1. The largest absolute Gasteiger partial charge is 0.393 e. The molecule has 1 fully saturated rings. The van der Waals surface area contributed by atoms with Gasteiger partial charge in [0.25, 0.3) is 0 Å². The Kier molecular flexibility index (Phi) is 5.86. The Morgan fingerprint density at radius 1 is 1.40 bits per heavy atom. The zero-order chi connectivity index (χ0) is 14.4. The molecule has 0 radical (unpaired) electrons. The molecule has 2 rings (SSSR count). The minimum absolute atomic E-state index is 0.0741. The van der Waals surface area contributed by atoms with E-state index >= 15 is 0 Å². The number of carbonyl (C=O) groups is 1. The topological polar surface area (TPSA) is 49.3 Å². The van der Waals surface area contributed by atoms with Crippen LogP contribution in [0.1, 0.15) is 37.7 Å². The number of hydrogen-bond donors (Lipinski definition) is 2. The van der Waals surface area contributed by atoms with Crippen molar-refractivity contribution >= 4 is 17.5 Å². The maximum Gasteiger partial charge on any atom is 0.220 e.